The Morgan fingerprint density at radius 3 is 2.42 bits per heavy atom. The van der Waals surface area contributed by atoms with Gasteiger partial charge in [-0.2, -0.15) is 0 Å². The standard InChI is InChI=1S/C15H22N2OS/c1-5-12(13(16)19)17-14(18)10-8-6-7-9-11(10)15(2,3)4/h6-9,12H,5H2,1-4H3,(H2,16,19)(H,17,18). The first-order valence-electron chi connectivity index (χ1n) is 6.47. The van der Waals surface area contributed by atoms with Crippen LogP contribution in [0.1, 0.15) is 50.0 Å². The molecule has 0 aromatic heterocycles. The molecule has 1 rings (SSSR count). The van der Waals surface area contributed by atoms with E-state index in [0.29, 0.717) is 17.0 Å². The molecule has 1 aromatic rings. The van der Waals surface area contributed by atoms with Gasteiger partial charge in [0.2, 0.25) is 0 Å². The van der Waals surface area contributed by atoms with E-state index in [1.807, 2.05) is 31.2 Å². The summed E-state index contributed by atoms with van der Waals surface area (Å²) in [5.74, 6) is -0.120. The number of nitrogens with one attached hydrogen (secondary N) is 1. The predicted octanol–water partition coefficient (Wildman–Crippen LogP) is 2.78. The Balaban J connectivity index is 3.04. The predicted molar refractivity (Wildman–Crippen MR) is 83.5 cm³/mol. The van der Waals surface area contributed by atoms with Gasteiger partial charge in [0, 0.05) is 5.56 Å². The van der Waals surface area contributed by atoms with Crippen LogP contribution in [0.25, 0.3) is 0 Å². The zero-order valence-corrected chi connectivity index (χ0v) is 12.8. The van der Waals surface area contributed by atoms with Gasteiger partial charge in [0.25, 0.3) is 5.91 Å². The lowest BCUT2D eigenvalue weighted by atomic mass is 9.83. The summed E-state index contributed by atoms with van der Waals surface area (Å²) < 4.78 is 0. The van der Waals surface area contributed by atoms with Crippen LogP contribution in [0.5, 0.6) is 0 Å². The van der Waals surface area contributed by atoms with E-state index in [9.17, 15) is 4.79 Å². The summed E-state index contributed by atoms with van der Waals surface area (Å²) in [6.07, 6.45) is 0.693. The number of benzene rings is 1. The highest BCUT2D eigenvalue weighted by Gasteiger charge is 2.22. The van der Waals surface area contributed by atoms with Gasteiger partial charge in [0.1, 0.15) is 0 Å². The van der Waals surface area contributed by atoms with E-state index in [1.54, 1.807) is 0 Å². The quantitative estimate of drug-likeness (QED) is 0.833. The molecule has 0 aliphatic rings. The first kappa shape index (κ1) is 15.6. The molecule has 0 bridgehead atoms. The van der Waals surface area contributed by atoms with Gasteiger partial charge in [-0.1, -0.05) is 58.1 Å². The number of carbonyl (C=O) groups excluding carboxylic acids is 1. The summed E-state index contributed by atoms with van der Waals surface area (Å²) in [7, 11) is 0. The summed E-state index contributed by atoms with van der Waals surface area (Å²) >= 11 is 4.95. The van der Waals surface area contributed by atoms with Crippen molar-refractivity contribution in [3.05, 3.63) is 35.4 Å². The Hall–Kier alpha value is -1.42. The highest BCUT2D eigenvalue weighted by atomic mass is 32.1. The highest BCUT2D eigenvalue weighted by molar-refractivity contribution is 7.80. The van der Waals surface area contributed by atoms with Crippen molar-refractivity contribution in [3.8, 4) is 0 Å². The molecule has 0 heterocycles. The van der Waals surface area contributed by atoms with Crippen LogP contribution >= 0.6 is 12.2 Å². The van der Waals surface area contributed by atoms with E-state index < -0.39 is 0 Å². The number of amides is 1. The summed E-state index contributed by atoms with van der Waals surface area (Å²) in [4.78, 5) is 12.7. The van der Waals surface area contributed by atoms with Crippen molar-refractivity contribution in [2.45, 2.75) is 45.6 Å². The van der Waals surface area contributed by atoms with Crippen LogP contribution in [-0.4, -0.2) is 16.9 Å². The molecule has 0 spiro atoms. The van der Waals surface area contributed by atoms with Gasteiger partial charge in [-0.15, -0.1) is 0 Å². The minimum absolute atomic E-state index is 0.0845. The Morgan fingerprint density at radius 2 is 1.95 bits per heavy atom. The molecule has 19 heavy (non-hydrogen) atoms. The lowest BCUT2D eigenvalue weighted by Crippen LogP contribution is -2.43. The fraction of sp³-hybridized carbons (Fsp3) is 0.467. The maximum atomic E-state index is 12.4. The third-order valence-corrected chi connectivity index (χ3v) is 3.32. The van der Waals surface area contributed by atoms with Crippen LogP contribution in [0.2, 0.25) is 0 Å². The van der Waals surface area contributed by atoms with E-state index in [2.05, 4.69) is 26.1 Å². The molecule has 0 aliphatic carbocycles. The van der Waals surface area contributed by atoms with E-state index in [0.717, 1.165) is 5.56 Å². The van der Waals surface area contributed by atoms with Crippen LogP contribution in [0.4, 0.5) is 0 Å². The Kier molecular flexibility index (Phi) is 5.06. The number of nitrogens with two attached hydrogens (primary N) is 1. The first-order chi connectivity index (χ1) is 8.77. The third-order valence-electron chi connectivity index (χ3n) is 3.04. The lowest BCUT2D eigenvalue weighted by Gasteiger charge is -2.23. The van der Waals surface area contributed by atoms with Crippen LogP contribution < -0.4 is 11.1 Å². The molecule has 0 saturated carbocycles. The van der Waals surface area contributed by atoms with E-state index in [4.69, 9.17) is 18.0 Å². The summed E-state index contributed by atoms with van der Waals surface area (Å²) in [5, 5.41) is 2.89. The molecule has 3 nitrogen and oxygen atoms in total. The van der Waals surface area contributed by atoms with Gasteiger partial charge in [-0.05, 0) is 23.5 Å². The van der Waals surface area contributed by atoms with Crippen molar-refractivity contribution in [2.75, 3.05) is 0 Å². The first-order valence-corrected chi connectivity index (χ1v) is 6.88. The number of rotatable bonds is 4. The van der Waals surface area contributed by atoms with Crippen molar-refractivity contribution in [1.29, 1.82) is 0 Å². The van der Waals surface area contributed by atoms with Gasteiger partial charge < -0.3 is 11.1 Å². The minimum atomic E-state index is -0.254. The van der Waals surface area contributed by atoms with Crippen molar-refractivity contribution in [1.82, 2.24) is 5.32 Å². The molecular formula is C15H22N2OS. The summed E-state index contributed by atoms with van der Waals surface area (Å²) in [6.45, 7) is 8.21. The Bertz CT molecular complexity index is 477. The SMILES string of the molecule is CCC(NC(=O)c1ccccc1C(C)(C)C)C(N)=S. The van der Waals surface area contributed by atoms with Crippen molar-refractivity contribution < 1.29 is 4.79 Å². The molecule has 4 heteroatoms. The second kappa shape index (κ2) is 6.15. The molecule has 1 aromatic carbocycles. The van der Waals surface area contributed by atoms with Crippen LogP contribution in [0.15, 0.2) is 24.3 Å². The largest absolute Gasteiger partial charge is 0.392 e. The van der Waals surface area contributed by atoms with Crippen molar-refractivity contribution in [2.24, 2.45) is 5.73 Å². The molecule has 0 radical (unpaired) electrons. The Labute approximate surface area is 120 Å². The van der Waals surface area contributed by atoms with Crippen molar-refractivity contribution >= 4 is 23.1 Å². The van der Waals surface area contributed by atoms with Crippen molar-refractivity contribution in [3.63, 3.8) is 0 Å². The average Bonchev–Trinajstić information content (AvgIpc) is 2.34. The number of carbonyl (C=O) groups is 1. The smallest absolute Gasteiger partial charge is 0.252 e. The third kappa shape index (κ3) is 4.03. The number of thiocarbonyl (C=S) groups is 1. The molecule has 0 saturated heterocycles. The van der Waals surface area contributed by atoms with Gasteiger partial charge in [0.15, 0.2) is 0 Å². The topological polar surface area (TPSA) is 55.1 Å². The average molecular weight is 278 g/mol. The van der Waals surface area contributed by atoms with E-state index in [1.165, 1.54) is 0 Å². The summed E-state index contributed by atoms with van der Waals surface area (Å²) in [6, 6.07) is 7.38. The number of hydrogen-bond donors (Lipinski definition) is 2. The zero-order valence-electron chi connectivity index (χ0n) is 12.0. The molecule has 0 fully saturated rings. The van der Waals surface area contributed by atoms with E-state index >= 15 is 0 Å². The van der Waals surface area contributed by atoms with Gasteiger partial charge in [-0.25, -0.2) is 0 Å². The van der Waals surface area contributed by atoms with Gasteiger partial charge >= 0.3 is 0 Å². The maximum absolute atomic E-state index is 12.4. The second-order valence-corrected chi connectivity index (χ2v) is 6.10. The van der Waals surface area contributed by atoms with Crippen LogP contribution in [0.3, 0.4) is 0 Å². The minimum Gasteiger partial charge on any atom is -0.392 e. The normalized spacial score (nSPS) is 12.8. The van der Waals surface area contributed by atoms with Crippen LogP contribution in [0, 0.1) is 0 Å². The zero-order chi connectivity index (χ0) is 14.6. The van der Waals surface area contributed by atoms with Gasteiger partial charge in [-0.3, -0.25) is 4.79 Å². The monoisotopic (exact) mass is 278 g/mol. The van der Waals surface area contributed by atoms with E-state index in [-0.39, 0.29) is 17.4 Å². The molecular weight excluding hydrogens is 256 g/mol. The maximum Gasteiger partial charge on any atom is 0.252 e. The van der Waals surface area contributed by atoms with Crippen LogP contribution in [-0.2, 0) is 5.41 Å². The fourth-order valence-corrected chi connectivity index (χ4v) is 2.17. The molecule has 1 amide bonds. The number of hydrogen-bond acceptors (Lipinski definition) is 2. The molecule has 3 N–H and O–H groups in total. The van der Waals surface area contributed by atoms with Gasteiger partial charge in [0.05, 0.1) is 11.0 Å². The molecule has 1 atom stereocenters. The lowest BCUT2D eigenvalue weighted by molar-refractivity contribution is 0.0944. The second-order valence-electron chi connectivity index (χ2n) is 5.63. The summed E-state index contributed by atoms with van der Waals surface area (Å²) in [5.41, 5.74) is 7.23. The molecule has 1 unspecified atom stereocenters. The Morgan fingerprint density at radius 1 is 1.37 bits per heavy atom. The molecule has 104 valence electrons. The highest BCUT2D eigenvalue weighted by Crippen LogP contribution is 2.25. The fourth-order valence-electron chi connectivity index (χ4n) is 1.95. The molecule has 0 aliphatic heterocycles.